The molecule has 0 aromatic carbocycles. The van der Waals surface area contributed by atoms with Crippen LogP contribution in [-0.2, 0) is 11.3 Å². The summed E-state index contributed by atoms with van der Waals surface area (Å²) < 4.78 is 5.56. The number of rotatable bonds is 6. The van der Waals surface area contributed by atoms with Crippen LogP contribution in [0, 0.1) is 0 Å². The molecule has 2 rings (SSSR count). The molecule has 7 heteroatoms. The number of amides is 1. The maximum Gasteiger partial charge on any atom is 0.273 e. The van der Waals surface area contributed by atoms with Gasteiger partial charge in [0.25, 0.3) is 5.91 Å². The summed E-state index contributed by atoms with van der Waals surface area (Å²) in [6, 6.07) is 0. The van der Waals surface area contributed by atoms with E-state index in [0.29, 0.717) is 12.2 Å². The molecule has 0 bridgehead atoms. The Labute approximate surface area is 129 Å². The Kier molecular flexibility index (Phi) is 6.10. The van der Waals surface area contributed by atoms with E-state index in [1.54, 1.807) is 5.38 Å². The third kappa shape index (κ3) is 4.74. The second-order valence-electron chi connectivity index (χ2n) is 5.38. The highest BCUT2D eigenvalue weighted by molar-refractivity contribution is 7.09. The Morgan fingerprint density at radius 2 is 2.14 bits per heavy atom. The molecule has 1 aliphatic heterocycles. The van der Waals surface area contributed by atoms with Gasteiger partial charge in [-0.1, -0.05) is 0 Å². The Bertz CT molecular complexity index is 456. The van der Waals surface area contributed by atoms with Gasteiger partial charge in [0.2, 0.25) is 0 Å². The van der Waals surface area contributed by atoms with Gasteiger partial charge in [-0.3, -0.25) is 9.69 Å². The lowest BCUT2D eigenvalue weighted by Crippen LogP contribution is -2.49. The van der Waals surface area contributed by atoms with Gasteiger partial charge in [-0.2, -0.15) is 0 Å². The Balaban J connectivity index is 1.76. The molecule has 1 aromatic heterocycles. The van der Waals surface area contributed by atoms with E-state index in [9.17, 15) is 4.79 Å². The largest absolute Gasteiger partial charge is 0.377 e. The van der Waals surface area contributed by atoms with Gasteiger partial charge in [0.15, 0.2) is 0 Å². The van der Waals surface area contributed by atoms with Crippen LogP contribution in [0.4, 0.5) is 0 Å². The third-order valence-electron chi connectivity index (χ3n) is 3.46. The standard InChI is InChI=1S/C14H24N4O2S/c1-11(2)20-8-7-17-3-5-18(6-4-17)14(19)12-10-21-13(9-15)16-12/h10-11H,3-9,15H2,1-2H3. The van der Waals surface area contributed by atoms with E-state index in [1.807, 2.05) is 18.7 Å². The zero-order chi connectivity index (χ0) is 15.2. The highest BCUT2D eigenvalue weighted by Crippen LogP contribution is 2.13. The molecule has 0 atom stereocenters. The van der Waals surface area contributed by atoms with Crippen molar-refractivity contribution in [1.82, 2.24) is 14.8 Å². The normalized spacial score (nSPS) is 16.7. The number of nitrogens with two attached hydrogens (primary N) is 1. The van der Waals surface area contributed by atoms with E-state index in [2.05, 4.69) is 9.88 Å². The monoisotopic (exact) mass is 312 g/mol. The van der Waals surface area contributed by atoms with Crippen molar-refractivity contribution < 1.29 is 9.53 Å². The molecule has 0 spiro atoms. The van der Waals surface area contributed by atoms with Gasteiger partial charge in [0.1, 0.15) is 10.7 Å². The lowest BCUT2D eigenvalue weighted by Gasteiger charge is -2.34. The lowest BCUT2D eigenvalue weighted by molar-refractivity contribution is 0.0405. The van der Waals surface area contributed by atoms with E-state index >= 15 is 0 Å². The van der Waals surface area contributed by atoms with Crippen molar-refractivity contribution >= 4 is 17.2 Å². The summed E-state index contributed by atoms with van der Waals surface area (Å²) in [4.78, 5) is 20.8. The van der Waals surface area contributed by atoms with Gasteiger partial charge in [-0.15, -0.1) is 11.3 Å². The number of aromatic nitrogens is 1. The fraction of sp³-hybridized carbons (Fsp3) is 0.714. The number of nitrogens with zero attached hydrogens (tertiary/aromatic N) is 3. The van der Waals surface area contributed by atoms with Crippen LogP contribution in [0.15, 0.2) is 5.38 Å². The third-order valence-corrected chi connectivity index (χ3v) is 4.33. The fourth-order valence-electron chi connectivity index (χ4n) is 2.26. The van der Waals surface area contributed by atoms with Crippen LogP contribution in [0.5, 0.6) is 0 Å². The van der Waals surface area contributed by atoms with Crippen molar-refractivity contribution in [2.24, 2.45) is 5.73 Å². The van der Waals surface area contributed by atoms with Crippen molar-refractivity contribution in [2.45, 2.75) is 26.5 Å². The number of thiazole rings is 1. The minimum atomic E-state index is 0.0176. The Morgan fingerprint density at radius 3 is 2.71 bits per heavy atom. The SMILES string of the molecule is CC(C)OCCN1CCN(C(=O)c2csc(CN)n2)CC1. The van der Waals surface area contributed by atoms with Gasteiger partial charge in [-0.05, 0) is 13.8 Å². The summed E-state index contributed by atoms with van der Waals surface area (Å²) in [5.74, 6) is 0.0176. The van der Waals surface area contributed by atoms with Gasteiger partial charge < -0.3 is 15.4 Å². The van der Waals surface area contributed by atoms with E-state index in [0.717, 1.165) is 44.3 Å². The molecule has 2 heterocycles. The minimum Gasteiger partial charge on any atom is -0.377 e. The highest BCUT2D eigenvalue weighted by atomic mass is 32.1. The Morgan fingerprint density at radius 1 is 1.43 bits per heavy atom. The van der Waals surface area contributed by atoms with E-state index in [-0.39, 0.29) is 12.0 Å². The van der Waals surface area contributed by atoms with Gasteiger partial charge in [-0.25, -0.2) is 4.98 Å². The first kappa shape index (κ1) is 16.4. The molecule has 0 saturated carbocycles. The fourth-order valence-corrected chi connectivity index (χ4v) is 2.91. The van der Waals surface area contributed by atoms with Crippen LogP contribution < -0.4 is 5.73 Å². The molecular formula is C14H24N4O2S. The molecule has 0 aliphatic carbocycles. The molecule has 118 valence electrons. The van der Waals surface area contributed by atoms with E-state index < -0.39 is 0 Å². The average molecular weight is 312 g/mol. The predicted octanol–water partition coefficient (Wildman–Crippen LogP) is 0.785. The van der Waals surface area contributed by atoms with Crippen LogP contribution >= 0.6 is 11.3 Å². The smallest absolute Gasteiger partial charge is 0.273 e. The van der Waals surface area contributed by atoms with Crippen molar-refractivity contribution in [3.63, 3.8) is 0 Å². The van der Waals surface area contributed by atoms with Crippen LogP contribution in [0.3, 0.4) is 0 Å². The zero-order valence-corrected chi connectivity index (χ0v) is 13.6. The van der Waals surface area contributed by atoms with Crippen LogP contribution in [0.1, 0.15) is 29.3 Å². The van der Waals surface area contributed by atoms with E-state index in [1.165, 1.54) is 11.3 Å². The molecule has 1 aromatic rings. The number of carbonyl (C=O) groups excluding carboxylic acids is 1. The summed E-state index contributed by atoms with van der Waals surface area (Å²) in [5, 5.41) is 2.61. The summed E-state index contributed by atoms with van der Waals surface area (Å²) in [6.45, 7) is 9.42. The maximum absolute atomic E-state index is 12.3. The topological polar surface area (TPSA) is 71.7 Å². The average Bonchev–Trinajstić information content (AvgIpc) is 2.96. The van der Waals surface area contributed by atoms with Crippen LogP contribution in [0.25, 0.3) is 0 Å². The number of hydrogen-bond donors (Lipinski definition) is 1. The first-order valence-electron chi connectivity index (χ1n) is 7.38. The van der Waals surface area contributed by atoms with Crippen molar-refractivity contribution in [2.75, 3.05) is 39.3 Å². The van der Waals surface area contributed by atoms with Gasteiger partial charge in [0, 0.05) is 44.6 Å². The van der Waals surface area contributed by atoms with Gasteiger partial charge >= 0.3 is 0 Å². The summed E-state index contributed by atoms with van der Waals surface area (Å²) in [5.41, 5.74) is 6.06. The number of ether oxygens (including phenoxy) is 1. The molecule has 0 radical (unpaired) electrons. The first-order valence-corrected chi connectivity index (χ1v) is 8.26. The molecule has 1 saturated heterocycles. The number of hydrogen-bond acceptors (Lipinski definition) is 6. The van der Waals surface area contributed by atoms with Crippen LogP contribution in [0.2, 0.25) is 0 Å². The lowest BCUT2D eigenvalue weighted by atomic mass is 10.3. The molecule has 21 heavy (non-hydrogen) atoms. The molecule has 1 aliphatic rings. The second-order valence-corrected chi connectivity index (χ2v) is 6.33. The molecule has 6 nitrogen and oxygen atoms in total. The van der Waals surface area contributed by atoms with Gasteiger partial charge in [0.05, 0.1) is 12.7 Å². The first-order chi connectivity index (χ1) is 10.1. The number of piperazine rings is 1. The number of carbonyl (C=O) groups is 1. The predicted molar refractivity (Wildman–Crippen MR) is 83.4 cm³/mol. The molecular weight excluding hydrogens is 288 g/mol. The maximum atomic E-state index is 12.3. The molecule has 2 N–H and O–H groups in total. The zero-order valence-electron chi connectivity index (χ0n) is 12.7. The summed E-state index contributed by atoms with van der Waals surface area (Å²) >= 11 is 1.45. The summed E-state index contributed by atoms with van der Waals surface area (Å²) in [7, 11) is 0. The summed E-state index contributed by atoms with van der Waals surface area (Å²) in [6.07, 6.45) is 0.272. The molecule has 0 unspecified atom stereocenters. The minimum absolute atomic E-state index is 0.0176. The van der Waals surface area contributed by atoms with Crippen molar-refractivity contribution in [3.8, 4) is 0 Å². The molecule has 1 amide bonds. The Hall–Kier alpha value is -1.02. The van der Waals surface area contributed by atoms with Crippen LogP contribution in [-0.4, -0.2) is 66.1 Å². The van der Waals surface area contributed by atoms with Crippen molar-refractivity contribution in [3.05, 3.63) is 16.1 Å². The quantitative estimate of drug-likeness (QED) is 0.840. The second kappa shape index (κ2) is 7.84. The highest BCUT2D eigenvalue weighted by Gasteiger charge is 2.23. The van der Waals surface area contributed by atoms with Crippen molar-refractivity contribution in [1.29, 1.82) is 0 Å². The van der Waals surface area contributed by atoms with E-state index in [4.69, 9.17) is 10.5 Å². The molecule has 1 fully saturated rings.